The average Bonchev–Trinajstić information content (AvgIpc) is 3.17. The second-order valence-electron chi connectivity index (χ2n) is 10.3. The van der Waals surface area contributed by atoms with Gasteiger partial charge in [0.05, 0.1) is 6.67 Å². The highest BCUT2D eigenvalue weighted by Gasteiger charge is 2.54. The summed E-state index contributed by atoms with van der Waals surface area (Å²) in [4.78, 5) is 45.0. The lowest BCUT2D eigenvalue weighted by atomic mass is 9.85. The molecule has 1 spiro atoms. The minimum absolute atomic E-state index is 0.0472. The Kier molecular flexibility index (Phi) is 7.30. The van der Waals surface area contributed by atoms with Crippen molar-refractivity contribution in [2.24, 2.45) is 0 Å². The average molecular weight is 508 g/mol. The van der Waals surface area contributed by atoms with E-state index in [4.69, 9.17) is 0 Å². The number of para-hydroxylation sites is 1. The van der Waals surface area contributed by atoms with Crippen molar-refractivity contribution in [3.8, 4) is 0 Å². The normalized spacial score (nSPS) is 19.8. The molecule has 0 radical (unpaired) electrons. The van der Waals surface area contributed by atoms with Crippen LogP contribution < -0.4 is 15.5 Å². The fourth-order valence-electron chi connectivity index (χ4n) is 5.82. The number of carbonyl (C=O) groups excluding carboxylic acids is 3. The van der Waals surface area contributed by atoms with E-state index in [0.717, 1.165) is 31.4 Å². The summed E-state index contributed by atoms with van der Waals surface area (Å²) in [6, 6.07) is 15.5. The number of anilines is 2. The minimum atomic E-state index is -0.806. The molecule has 0 bridgehead atoms. The van der Waals surface area contributed by atoms with Crippen LogP contribution >= 0.6 is 0 Å². The molecular formula is C28H34FN5O3. The van der Waals surface area contributed by atoms with Gasteiger partial charge in [0.15, 0.2) is 0 Å². The fourth-order valence-corrected chi connectivity index (χ4v) is 5.82. The van der Waals surface area contributed by atoms with E-state index >= 15 is 0 Å². The first-order valence-corrected chi connectivity index (χ1v) is 13.2. The summed E-state index contributed by atoms with van der Waals surface area (Å²) in [5, 5.41) is 5.93. The number of halogens is 1. The predicted molar refractivity (Wildman–Crippen MR) is 139 cm³/mol. The third-order valence-electron chi connectivity index (χ3n) is 7.86. The second kappa shape index (κ2) is 10.8. The van der Waals surface area contributed by atoms with E-state index in [1.54, 1.807) is 4.90 Å². The molecule has 1 saturated carbocycles. The quantitative estimate of drug-likeness (QED) is 0.642. The van der Waals surface area contributed by atoms with Crippen molar-refractivity contribution in [2.75, 3.05) is 36.5 Å². The molecule has 2 heterocycles. The van der Waals surface area contributed by atoms with Gasteiger partial charge in [0.1, 0.15) is 17.9 Å². The van der Waals surface area contributed by atoms with E-state index in [1.807, 2.05) is 35.2 Å². The molecule has 5 rings (SSSR count). The molecule has 0 aromatic heterocycles. The number of nitrogens with one attached hydrogen (secondary N) is 2. The molecule has 3 aliphatic rings. The lowest BCUT2D eigenvalue weighted by Gasteiger charge is -2.43. The summed E-state index contributed by atoms with van der Waals surface area (Å²) >= 11 is 0. The van der Waals surface area contributed by atoms with Gasteiger partial charge in [0.2, 0.25) is 5.91 Å². The number of amides is 4. The van der Waals surface area contributed by atoms with E-state index < -0.39 is 5.54 Å². The van der Waals surface area contributed by atoms with E-state index in [-0.39, 0.29) is 42.9 Å². The Morgan fingerprint density at radius 2 is 1.62 bits per heavy atom. The molecule has 196 valence electrons. The first kappa shape index (κ1) is 25.0. The maximum Gasteiger partial charge on any atom is 0.317 e. The van der Waals surface area contributed by atoms with Crippen LogP contribution in [0.5, 0.6) is 0 Å². The zero-order chi connectivity index (χ0) is 25.8. The van der Waals surface area contributed by atoms with Crippen LogP contribution in [0.2, 0.25) is 0 Å². The van der Waals surface area contributed by atoms with E-state index in [2.05, 4.69) is 15.5 Å². The van der Waals surface area contributed by atoms with Crippen molar-refractivity contribution >= 4 is 29.2 Å². The molecule has 2 aromatic rings. The van der Waals surface area contributed by atoms with Gasteiger partial charge in [-0.1, -0.05) is 37.5 Å². The molecule has 2 aliphatic heterocycles. The Bertz CT molecular complexity index is 1110. The summed E-state index contributed by atoms with van der Waals surface area (Å²) in [5.74, 6) is -0.820. The predicted octanol–water partition coefficient (Wildman–Crippen LogP) is 3.95. The van der Waals surface area contributed by atoms with E-state index in [9.17, 15) is 18.8 Å². The topological polar surface area (TPSA) is 85.0 Å². The van der Waals surface area contributed by atoms with Gasteiger partial charge < -0.3 is 25.3 Å². The highest BCUT2D eigenvalue weighted by Crippen LogP contribution is 2.39. The number of carbonyl (C=O) groups is 3. The van der Waals surface area contributed by atoms with Crippen LogP contribution in [0.25, 0.3) is 0 Å². The van der Waals surface area contributed by atoms with E-state index in [0.29, 0.717) is 31.6 Å². The maximum atomic E-state index is 13.8. The van der Waals surface area contributed by atoms with Crippen LogP contribution in [0.1, 0.15) is 44.9 Å². The maximum absolute atomic E-state index is 13.8. The van der Waals surface area contributed by atoms with Crippen molar-refractivity contribution in [3.63, 3.8) is 0 Å². The van der Waals surface area contributed by atoms with Crippen molar-refractivity contribution in [2.45, 2.75) is 56.5 Å². The number of rotatable bonds is 5. The van der Waals surface area contributed by atoms with Gasteiger partial charge in [0, 0.05) is 30.5 Å². The smallest absolute Gasteiger partial charge is 0.317 e. The van der Waals surface area contributed by atoms with Gasteiger partial charge in [0.25, 0.3) is 5.91 Å². The Hall–Kier alpha value is -3.62. The zero-order valence-electron chi connectivity index (χ0n) is 21.0. The van der Waals surface area contributed by atoms with Gasteiger partial charge in [-0.25, -0.2) is 9.18 Å². The van der Waals surface area contributed by atoms with Crippen LogP contribution in [-0.2, 0) is 9.59 Å². The fraction of sp³-hybridized carbons (Fsp3) is 0.464. The van der Waals surface area contributed by atoms with Crippen molar-refractivity contribution in [1.82, 2.24) is 15.1 Å². The Balaban J connectivity index is 1.28. The zero-order valence-corrected chi connectivity index (χ0v) is 21.0. The highest BCUT2D eigenvalue weighted by atomic mass is 19.1. The second-order valence-corrected chi connectivity index (χ2v) is 10.3. The van der Waals surface area contributed by atoms with E-state index in [1.165, 1.54) is 30.7 Å². The van der Waals surface area contributed by atoms with Gasteiger partial charge in [-0.2, -0.15) is 0 Å². The third kappa shape index (κ3) is 5.40. The monoisotopic (exact) mass is 507 g/mol. The van der Waals surface area contributed by atoms with Crippen molar-refractivity contribution in [3.05, 3.63) is 60.4 Å². The third-order valence-corrected chi connectivity index (χ3v) is 7.86. The van der Waals surface area contributed by atoms with Gasteiger partial charge >= 0.3 is 6.03 Å². The number of urea groups is 1. The first-order valence-electron chi connectivity index (χ1n) is 13.2. The largest absolute Gasteiger partial charge is 0.339 e. The number of hydrogen-bond acceptors (Lipinski definition) is 4. The number of nitrogens with zero attached hydrogens (tertiary/aromatic N) is 3. The molecule has 1 aliphatic carbocycles. The molecule has 0 unspecified atom stereocenters. The summed E-state index contributed by atoms with van der Waals surface area (Å²) in [6.45, 7) is 1.13. The summed E-state index contributed by atoms with van der Waals surface area (Å²) in [7, 11) is 0. The Morgan fingerprint density at radius 1 is 0.946 bits per heavy atom. The molecule has 0 atom stereocenters. The standard InChI is InChI=1S/C28H34FN5O3/c29-21-11-13-23(14-12-21)30-25(35)19-33-20-34(24-9-5-2-6-10-24)28(26(33)36)15-17-32(18-16-28)27(37)31-22-7-3-1-4-8-22/h2,5-6,9-14,22H,1,3-4,7-8,15-20H2,(H,30,35)(H,31,37). The summed E-state index contributed by atoms with van der Waals surface area (Å²) < 4.78 is 13.2. The molecule has 3 fully saturated rings. The first-order chi connectivity index (χ1) is 17.9. The SMILES string of the molecule is O=C(CN1CN(c2ccccc2)C2(CCN(C(=O)NC3CCCCC3)CC2)C1=O)Nc1ccc(F)cc1. The van der Waals surface area contributed by atoms with Gasteiger partial charge in [-0.05, 0) is 62.1 Å². The molecule has 4 amide bonds. The molecule has 2 aromatic carbocycles. The molecule has 8 nitrogen and oxygen atoms in total. The van der Waals surface area contributed by atoms with Crippen LogP contribution in [0.3, 0.4) is 0 Å². The van der Waals surface area contributed by atoms with Crippen LogP contribution in [0.4, 0.5) is 20.6 Å². The molecule has 37 heavy (non-hydrogen) atoms. The Labute approximate surface area is 216 Å². The summed E-state index contributed by atoms with van der Waals surface area (Å²) in [5.41, 5.74) is 0.585. The van der Waals surface area contributed by atoms with Crippen LogP contribution in [0, 0.1) is 5.82 Å². The van der Waals surface area contributed by atoms with Crippen LogP contribution in [-0.4, -0.2) is 65.5 Å². The number of piperidine rings is 1. The Morgan fingerprint density at radius 3 is 2.30 bits per heavy atom. The number of hydrogen-bond donors (Lipinski definition) is 2. The van der Waals surface area contributed by atoms with Gasteiger partial charge in [-0.3, -0.25) is 9.59 Å². The summed E-state index contributed by atoms with van der Waals surface area (Å²) in [6.07, 6.45) is 6.58. The lowest BCUT2D eigenvalue weighted by Crippen LogP contribution is -2.59. The number of likely N-dealkylation sites (tertiary alicyclic amines) is 1. The molecule has 2 saturated heterocycles. The number of benzene rings is 2. The molecular weight excluding hydrogens is 473 g/mol. The lowest BCUT2D eigenvalue weighted by molar-refractivity contribution is -0.136. The van der Waals surface area contributed by atoms with Crippen molar-refractivity contribution < 1.29 is 18.8 Å². The molecule has 2 N–H and O–H groups in total. The van der Waals surface area contributed by atoms with Gasteiger partial charge in [-0.15, -0.1) is 0 Å². The molecule has 9 heteroatoms. The van der Waals surface area contributed by atoms with Crippen molar-refractivity contribution in [1.29, 1.82) is 0 Å². The minimum Gasteiger partial charge on any atom is -0.339 e. The highest BCUT2D eigenvalue weighted by molar-refractivity contribution is 5.99. The van der Waals surface area contributed by atoms with Crippen LogP contribution in [0.15, 0.2) is 54.6 Å².